The van der Waals surface area contributed by atoms with Crippen LogP contribution in [0.25, 0.3) is 0 Å². The molecule has 0 radical (unpaired) electrons. The summed E-state index contributed by atoms with van der Waals surface area (Å²) in [5, 5.41) is 0. The van der Waals surface area contributed by atoms with Crippen molar-refractivity contribution in [3.8, 4) is 0 Å². The Kier molecular flexibility index (Phi) is 2.96. The fourth-order valence-corrected chi connectivity index (χ4v) is 0.976. The van der Waals surface area contributed by atoms with E-state index >= 15 is 0 Å². The Balaban J connectivity index is 2.40. The van der Waals surface area contributed by atoms with Gasteiger partial charge in [-0.15, -0.1) is 0 Å². The van der Waals surface area contributed by atoms with Crippen molar-refractivity contribution < 1.29 is 0 Å². The van der Waals surface area contributed by atoms with E-state index in [1.165, 1.54) is 5.69 Å². The minimum absolute atomic E-state index is 0.909. The normalized spacial score (nSPS) is 10.7. The molecule has 0 spiro atoms. The number of aromatic amines is 1. The van der Waals surface area contributed by atoms with Gasteiger partial charge in [0.2, 0.25) is 0 Å². The minimum atomic E-state index is 0.909. The van der Waals surface area contributed by atoms with Crippen molar-refractivity contribution in [3.63, 3.8) is 0 Å². The lowest BCUT2D eigenvalue weighted by atomic mass is 10.4. The number of aromatic nitrogens is 1. The molecule has 0 atom stereocenters. The highest BCUT2D eigenvalue weighted by atomic mass is 79.9. The van der Waals surface area contributed by atoms with Gasteiger partial charge in [0.1, 0.15) is 0 Å². The summed E-state index contributed by atoms with van der Waals surface area (Å²) in [5.74, 6) is 0. The molecule has 0 saturated heterocycles. The van der Waals surface area contributed by atoms with Gasteiger partial charge in [-0.2, -0.15) is 0 Å². The number of hydrogen-bond acceptors (Lipinski definition) is 1. The molecule has 0 aliphatic carbocycles. The predicted octanol–water partition coefficient (Wildman–Crippen LogP) is 1.80. The molecule has 56 valence electrons. The molecular formula is C7H11BrN2. The van der Waals surface area contributed by atoms with Gasteiger partial charge in [-0.3, -0.25) is 4.90 Å². The molecule has 1 aromatic rings. The van der Waals surface area contributed by atoms with E-state index in [0.717, 1.165) is 12.0 Å². The summed E-state index contributed by atoms with van der Waals surface area (Å²) in [7, 11) is 2.07. The van der Waals surface area contributed by atoms with Gasteiger partial charge in [-0.1, -0.05) is 15.9 Å². The molecule has 0 saturated carbocycles. The maximum atomic E-state index is 3.37. The van der Waals surface area contributed by atoms with E-state index in [1.54, 1.807) is 0 Å². The van der Waals surface area contributed by atoms with Crippen molar-refractivity contribution in [2.24, 2.45) is 0 Å². The maximum absolute atomic E-state index is 3.37. The minimum Gasteiger partial charge on any atom is -0.364 e. The number of nitrogens with one attached hydrogen (secondary N) is 1. The average molecular weight is 203 g/mol. The highest BCUT2D eigenvalue weighted by molar-refractivity contribution is 9.09. The van der Waals surface area contributed by atoms with Crippen LogP contribution in [0.1, 0.15) is 5.69 Å². The fourth-order valence-electron chi connectivity index (χ4n) is 0.799. The summed E-state index contributed by atoms with van der Waals surface area (Å²) in [6.45, 7) is 0.970. The van der Waals surface area contributed by atoms with Gasteiger partial charge in [0.15, 0.2) is 0 Å². The van der Waals surface area contributed by atoms with E-state index in [9.17, 15) is 0 Å². The number of nitrogens with zero attached hydrogens (tertiary/aromatic N) is 1. The first-order chi connectivity index (χ1) is 4.83. The van der Waals surface area contributed by atoms with Gasteiger partial charge in [-0.25, -0.2) is 0 Å². The Morgan fingerprint density at radius 2 is 2.50 bits per heavy atom. The summed E-state index contributed by atoms with van der Waals surface area (Å²) >= 11 is 3.37. The van der Waals surface area contributed by atoms with Crippen LogP contribution in [0.2, 0.25) is 0 Å². The molecule has 3 heteroatoms. The van der Waals surface area contributed by atoms with Crippen molar-refractivity contribution in [2.45, 2.75) is 6.54 Å². The third-order valence-electron chi connectivity index (χ3n) is 1.31. The van der Waals surface area contributed by atoms with Crippen molar-refractivity contribution in [3.05, 3.63) is 24.0 Å². The van der Waals surface area contributed by atoms with Gasteiger partial charge in [0.05, 0.1) is 5.45 Å². The SMILES string of the molecule is CN(CBr)Cc1ccc[nH]1. The molecule has 10 heavy (non-hydrogen) atoms. The van der Waals surface area contributed by atoms with E-state index in [-0.39, 0.29) is 0 Å². The molecule has 1 rings (SSSR count). The van der Waals surface area contributed by atoms with Crippen LogP contribution in [0.4, 0.5) is 0 Å². The lowest BCUT2D eigenvalue weighted by Crippen LogP contribution is -2.14. The third kappa shape index (κ3) is 2.15. The Labute approximate surface area is 69.4 Å². The van der Waals surface area contributed by atoms with Crippen molar-refractivity contribution >= 4 is 15.9 Å². The highest BCUT2D eigenvalue weighted by Crippen LogP contribution is 1.99. The molecule has 0 bridgehead atoms. The second-order valence-electron chi connectivity index (χ2n) is 2.33. The fraction of sp³-hybridized carbons (Fsp3) is 0.429. The molecule has 0 unspecified atom stereocenters. The predicted molar refractivity (Wildman–Crippen MR) is 46.1 cm³/mol. The Morgan fingerprint density at radius 3 is 3.00 bits per heavy atom. The number of H-pyrrole nitrogens is 1. The van der Waals surface area contributed by atoms with Gasteiger partial charge < -0.3 is 4.98 Å². The lowest BCUT2D eigenvalue weighted by molar-refractivity contribution is 0.385. The number of halogens is 1. The van der Waals surface area contributed by atoms with Gasteiger partial charge >= 0.3 is 0 Å². The Hall–Kier alpha value is -0.280. The first-order valence-electron chi connectivity index (χ1n) is 3.19. The van der Waals surface area contributed by atoms with Crippen molar-refractivity contribution in [1.82, 2.24) is 9.88 Å². The largest absolute Gasteiger partial charge is 0.364 e. The van der Waals surface area contributed by atoms with E-state index in [4.69, 9.17) is 0 Å². The van der Waals surface area contributed by atoms with Crippen LogP contribution in [-0.2, 0) is 6.54 Å². The molecule has 2 nitrogen and oxygen atoms in total. The van der Waals surface area contributed by atoms with E-state index in [1.807, 2.05) is 12.3 Å². The summed E-state index contributed by atoms with van der Waals surface area (Å²) in [6, 6.07) is 4.09. The molecule has 1 N–H and O–H groups in total. The zero-order chi connectivity index (χ0) is 7.40. The van der Waals surface area contributed by atoms with Crippen LogP contribution >= 0.6 is 15.9 Å². The van der Waals surface area contributed by atoms with Gasteiger partial charge in [0.25, 0.3) is 0 Å². The molecular weight excluding hydrogens is 192 g/mol. The van der Waals surface area contributed by atoms with Crippen LogP contribution in [0.15, 0.2) is 18.3 Å². The monoisotopic (exact) mass is 202 g/mol. The van der Waals surface area contributed by atoms with Gasteiger partial charge in [0, 0.05) is 18.4 Å². The topological polar surface area (TPSA) is 19.0 Å². The van der Waals surface area contributed by atoms with Gasteiger partial charge in [-0.05, 0) is 19.2 Å². The smallest absolute Gasteiger partial charge is 0.0543 e. The number of rotatable bonds is 3. The third-order valence-corrected chi connectivity index (χ3v) is 2.16. The van der Waals surface area contributed by atoms with Crippen LogP contribution < -0.4 is 0 Å². The first-order valence-corrected chi connectivity index (χ1v) is 4.32. The molecule has 1 aromatic heterocycles. The summed E-state index contributed by atoms with van der Waals surface area (Å²) in [5.41, 5.74) is 2.16. The van der Waals surface area contributed by atoms with Crippen LogP contribution in [0.3, 0.4) is 0 Å². The quantitative estimate of drug-likeness (QED) is 0.586. The standard InChI is InChI=1S/C7H11BrN2/c1-10(6-8)5-7-3-2-4-9-7/h2-4,9H,5-6H2,1H3. The van der Waals surface area contributed by atoms with Crippen LogP contribution in [0.5, 0.6) is 0 Å². The highest BCUT2D eigenvalue weighted by Gasteiger charge is 1.96. The zero-order valence-electron chi connectivity index (χ0n) is 5.97. The number of alkyl halides is 1. The molecule has 0 aliphatic heterocycles. The van der Waals surface area contributed by atoms with E-state index in [0.29, 0.717) is 0 Å². The van der Waals surface area contributed by atoms with E-state index in [2.05, 4.69) is 38.9 Å². The maximum Gasteiger partial charge on any atom is 0.0543 e. The van der Waals surface area contributed by atoms with E-state index < -0.39 is 0 Å². The Morgan fingerprint density at radius 1 is 1.70 bits per heavy atom. The first kappa shape index (κ1) is 7.82. The van der Waals surface area contributed by atoms with Crippen LogP contribution in [-0.4, -0.2) is 22.4 Å². The molecule has 1 heterocycles. The second-order valence-corrected chi connectivity index (χ2v) is 2.83. The summed E-state index contributed by atoms with van der Waals surface area (Å²) in [6.07, 6.45) is 1.94. The molecule has 0 aromatic carbocycles. The zero-order valence-corrected chi connectivity index (χ0v) is 7.56. The molecule has 0 amide bonds. The van der Waals surface area contributed by atoms with Crippen molar-refractivity contribution in [1.29, 1.82) is 0 Å². The second kappa shape index (κ2) is 3.78. The lowest BCUT2D eigenvalue weighted by Gasteiger charge is -2.10. The average Bonchev–Trinajstić information content (AvgIpc) is 2.40. The summed E-state index contributed by atoms with van der Waals surface area (Å²) < 4.78 is 0. The van der Waals surface area contributed by atoms with Crippen molar-refractivity contribution in [2.75, 3.05) is 12.5 Å². The molecule has 0 fully saturated rings. The summed E-state index contributed by atoms with van der Waals surface area (Å²) in [4.78, 5) is 5.31. The Bertz CT molecular complexity index is 172. The molecule has 0 aliphatic rings. The van der Waals surface area contributed by atoms with Crippen LogP contribution in [0, 0.1) is 0 Å². The number of hydrogen-bond donors (Lipinski definition) is 1.